The second-order valence-electron chi connectivity index (χ2n) is 8.35. The van der Waals surface area contributed by atoms with E-state index in [0.29, 0.717) is 12.8 Å². The molecule has 2 fully saturated rings. The van der Waals surface area contributed by atoms with E-state index in [0.717, 1.165) is 53.6 Å². The van der Waals surface area contributed by atoms with Crippen LogP contribution in [0.25, 0.3) is 22.0 Å². The molecular formula is C24H27N3O5. The molecule has 1 aliphatic heterocycles. The van der Waals surface area contributed by atoms with Crippen molar-refractivity contribution < 1.29 is 24.1 Å². The number of phenolic OH excluding ortho intramolecular Hbond substituents is 1. The Morgan fingerprint density at radius 2 is 1.97 bits per heavy atom. The van der Waals surface area contributed by atoms with Crippen LogP contribution in [0.15, 0.2) is 42.6 Å². The highest BCUT2D eigenvalue weighted by atomic mass is 16.6. The standard InChI is InChI=1S/C24H27N3O5/c1-25-24(29)32-19-12-18(13-19)31-22-11-16(15-5-7-17(28)8-6-15)10-21-20(22)14-26-27(21)23-4-2-3-9-30-23/h5-8,10-11,14,18-19,23,28H,2-4,9,12-13H2,1H3,(H,25,29). The fourth-order valence-corrected chi connectivity index (χ4v) is 4.28. The molecule has 1 unspecified atom stereocenters. The Bertz CT molecular complexity index is 1100. The minimum Gasteiger partial charge on any atom is -0.508 e. The quantitative estimate of drug-likeness (QED) is 0.615. The molecule has 2 N–H and O–H groups in total. The maximum Gasteiger partial charge on any atom is 0.407 e. The average molecular weight is 437 g/mol. The van der Waals surface area contributed by atoms with Crippen LogP contribution in [0.3, 0.4) is 0 Å². The summed E-state index contributed by atoms with van der Waals surface area (Å²) in [7, 11) is 1.55. The van der Waals surface area contributed by atoms with E-state index < -0.39 is 6.09 Å². The van der Waals surface area contributed by atoms with E-state index in [1.54, 1.807) is 19.2 Å². The monoisotopic (exact) mass is 437 g/mol. The third-order valence-electron chi connectivity index (χ3n) is 6.13. The third kappa shape index (κ3) is 4.10. The maximum absolute atomic E-state index is 11.4. The molecule has 5 rings (SSSR count). The first-order chi connectivity index (χ1) is 15.6. The fourth-order valence-electron chi connectivity index (χ4n) is 4.28. The number of nitrogens with zero attached hydrogens (tertiary/aromatic N) is 2. The molecule has 2 aliphatic rings. The summed E-state index contributed by atoms with van der Waals surface area (Å²) in [6, 6.07) is 11.2. The van der Waals surface area contributed by atoms with Gasteiger partial charge in [-0.2, -0.15) is 5.10 Å². The van der Waals surface area contributed by atoms with Gasteiger partial charge in [-0.15, -0.1) is 0 Å². The SMILES string of the molecule is CNC(=O)OC1CC(Oc2cc(-c3ccc(O)cc3)cc3c2cnn3C2CCCCO2)C1. The lowest BCUT2D eigenvalue weighted by atomic mass is 9.92. The van der Waals surface area contributed by atoms with Gasteiger partial charge in [0.15, 0.2) is 6.23 Å². The summed E-state index contributed by atoms with van der Waals surface area (Å²) >= 11 is 0. The van der Waals surface area contributed by atoms with Crippen LogP contribution < -0.4 is 10.1 Å². The molecule has 0 spiro atoms. The highest BCUT2D eigenvalue weighted by Crippen LogP contribution is 2.38. The largest absolute Gasteiger partial charge is 0.508 e. The number of hydrogen-bond acceptors (Lipinski definition) is 6. The van der Waals surface area contributed by atoms with E-state index in [4.69, 9.17) is 14.2 Å². The lowest BCUT2D eigenvalue weighted by Gasteiger charge is -2.34. The van der Waals surface area contributed by atoms with E-state index in [1.165, 1.54) is 0 Å². The van der Waals surface area contributed by atoms with E-state index >= 15 is 0 Å². The summed E-state index contributed by atoms with van der Waals surface area (Å²) < 4.78 is 19.6. The normalized spacial score (nSPS) is 22.8. The summed E-state index contributed by atoms with van der Waals surface area (Å²) in [5, 5.41) is 17.7. The number of benzene rings is 2. The summed E-state index contributed by atoms with van der Waals surface area (Å²) in [4.78, 5) is 11.4. The minimum absolute atomic E-state index is 0.0304. The molecule has 1 saturated carbocycles. The molecule has 8 heteroatoms. The first-order valence-electron chi connectivity index (χ1n) is 11.1. The van der Waals surface area contributed by atoms with E-state index in [1.807, 2.05) is 29.1 Å². The van der Waals surface area contributed by atoms with Crippen LogP contribution in [0.2, 0.25) is 0 Å². The number of nitrogens with one attached hydrogen (secondary N) is 1. The Hall–Kier alpha value is -3.26. The number of aromatic hydroxyl groups is 1. The Morgan fingerprint density at radius 1 is 1.16 bits per heavy atom. The van der Waals surface area contributed by atoms with Gasteiger partial charge in [0, 0.05) is 26.5 Å². The van der Waals surface area contributed by atoms with Crippen molar-refractivity contribution in [1.29, 1.82) is 0 Å². The average Bonchev–Trinajstić information content (AvgIpc) is 3.22. The van der Waals surface area contributed by atoms with Crippen molar-refractivity contribution in [2.75, 3.05) is 13.7 Å². The molecule has 1 aromatic heterocycles. The molecule has 8 nitrogen and oxygen atoms in total. The second kappa shape index (κ2) is 8.70. The number of alkyl carbamates (subject to hydrolysis) is 1. The lowest BCUT2D eigenvalue weighted by Crippen LogP contribution is -2.42. The van der Waals surface area contributed by atoms with Gasteiger partial charge in [-0.1, -0.05) is 12.1 Å². The Kier molecular flexibility index (Phi) is 5.61. The molecule has 0 radical (unpaired) electrons. The zero-order chi connectivity index (χ0) is 22.1. The number of ether oxygens (including phenoxy) is 3. The molecule has 3 aromatic rings. The highest BCUT2D eigenvalue weighted by Gasteiger charge is 2.34. The van der Waals surface area contributed by atoms with Crippen LogP contribution in [-0.2, 0) is 9.47 Å². The molecule has 1 amide bonds. The molecule has 1 atom stereocenters. The Morgan fingerprint density at radius 3 is 2.69 bits per heavy atom. The van der Waals surface area contributed by atoms with E-state index in [9.17, 15) is 9.90 Å². The number of aromatic nitrogens is 2. The number of carbonyl (C=O) groups is 1. The van der Waals surface area contributed by atoms with Crippen molar-refractivity contribution in [1.82, 2.24) is 15.1 Å². The van der Waals surface area contributed by atoms with Crippen molar-refractivity contribution in [3.63, 3.8) is 0 Å². The fraction of sp³-hybridized carbons (Fsp3) is 0.417. The van der Waals surface area contributed by atoms with Gasteiger partial charge in [-0.25, -0.2) is 9.48 Å². The summed E-state index contributed by atoms with van der Waals surface area (Å²) in [6.45, 7) is 0.738. The molecule has 32 heavy (non-hydrogen) atoms. The van der Waals surface area contributed by atoms with Gasteiger partial charge in [-0.3, -0.25) is 0 Å². The molecule has 0 bridgehead atoms. The number of hydrogen-bond donors (Lipinski definition) is 2. The Labute approximate surface area is 186 Å². The van der Waals surface area contributed by atoms with Gasteiger partial charge in [0.2, 0.25) is 0 Å². The van der Waals surface area contributed by atoms with E-state index in [2.05, 4.69) is 16.5 Å². The van der Waals surface area contributed by atoms with Gasteiger partial charge in [0.25, 0.3) is 0 Å². The highest BCUT2D eigenvalue weighted by molar-refractivity contribution is 5.90. The maximum atomic E-state index is 11.4. The molecule has 1 saturated heterocycles. The number of phenols is 1. The van der Waals surface area contributed by atoms with Gasteiger partial charge < -0.3 is 24.6 Å². The zero-order valence-electron chi connectivity index (χ0n) is 18.0. The molecule has 2 aromatic carbocycles. The lowest BCUT2D eigenvalue weighted by molar-refractivity contribution is -0.0366. The van der Waals surface area contributed by atoms with Crippen molar-refractivity contribution in [3.05, 3.63) is 42.6 Å². The molecule has 168 valence electrons. The molecular weight excluding hydrogens is 410 g/mol. The predicted octanol–water partition coefficient (Wildman–Crippen LogP) is 4.37. The topological polar surface area (TPSA) is 94.8 Å². The summed E-state index contributed by atoms with van der Waals surface area (Å²) in [5.74, 6) is 0.972. The predicted molar refractivity (Wildman–Crippen MR) is 119 cm³/mol. The number of carbonyl (C=O) groups excluding carboxylic acids is 1. The number of amides is 1. The molecule has 2 heterocycles. The minimum atomic E-state index is -0.418. The first-order valence-corrected chi connectivity index (χ1v) is 11.1. The van der Waals surface area contributed by atoms with E-state index in [-0.39, 0.29) is 24.2 Å². The van der Waals surface area contributed by atoms with Crippen LogP contribution >= 0.6 is 0 Å². The van der Waals surface area contributed by atoms with Crippen LogP contribution in [0.1, 0.15) is 38.3 Å². The van der Waals surface area contributed by atoms with Crippen molar-refractivity contribution in [3.8, 4) is 22.6 Å². The second-order valence-corrected chi connectivity index (χ2v) is 8.35. The van der Waals surface area contributed by atoms with Gasteiger partial charge >= 0.3 is 6.09 Å². The molecule has 1 aliphatic carbocycles. The first kappa shape index (κ1) is 20.6. The smallest absolute Gasteiger partial charge is 0.407 e. The van der Waals surface area contributed by atoms with Crippen molar-refractivity contribution in [2.45, 2.75) is 50.5 Å². The van der Waals surface area contributed by atoms with Crippen LogP contribution in [0.4, 0.5) is 4.79 Å². The third-order valence-corrected chi connectivity index (χ3v) is 6.13. The number of fused-ring (bicyclic) bond motifs is 1. The van der Waals surface area contributed by atoms with Gasteiger partial charge in [0.1, 0.15) is 23.7 Å². The Balaban J connectivity index is 1.46. The van der Waals surface area contributed by atoms with Gasteiger partial charge in [-0.05, 0) is 54.7 Å². The summed E-state index contributed by atoms with van der Waals surface area (Å²) in [6.07, 6.45) is 5.59. The van der Waals surface area contributed by atoms with Crippen molar-refractivity contribution in [2.24, 2.45) is 0 Å². The van der Waals surface area contributed by atoms with Crippen LogP contribution in [0, 0.1) is 0 Å². The van der Waals surface area contributed by atoms with Gasteiger partial charge in [0.05, 0.1) is 17.1 Å². The van der Waals surface area contributed by atoms with Crippen LogP contribution in [0.5, 0.6) is 11.5 Å². The zero-order valence-corrected chi connectivity index (χ0v) is 18.0. The van der Waals surface area contributed by atoms with Crippen LogP contribution in [-0.4, -0.2) is 46.8 Å². The summed E-state index contributed by atoms with van der Waals surface area (Å²) in [5.41, 5.74) is 2.90. The van der Waals surface area contributed by atoms with Crippen molar-refractivity contribution >= 4 is 17.0 Å². The number of rotatable bonds is 5.